The molecule has 1 fully saturated rings. The molecule has 212 valence electrons. The number of nitrogens with zero attached hydrogens (tertiary/aromatic N) is 2. The van der Waals surface area contributed by atoms with Gasteiger partial charge in [-0.1, -0.05) is 52.9 Å². The molecule has 1 saturated heterocycles. The van der Waals surface area contributed by atoms with Gasteiger partial charge in [-0.2, -0.15) is 0 Å². The molecule has 0 spiro atoms. The van der Waals surface area contributed by atoms with Gasteiger partial charge in [0.05, 0.1) is 21.6 Å². The lowest BCUT2D eigenvalue weighted by Crippen LogP contribution is -2.32. The van der Waals surface area contributed by atoms with Crippen LogP contribution in [0.25, 0.3) is 0 Å². The van der Waals surface area contributed by atoms with E-state index in [4.69, 9.17) is 4.74 Å². The van der Waals surface area contributed by atoms with Crippen LogP contribution in [0.3, 0.4) is 0 Å². The zero-order valence-electron chi connectivity index (χ0n) is 21.9. The van der Waals surface area contributed by atoms with Crippen molar-refractivity contribution in [1.29, 1.82) is 0 Å². The van der Waals surface area contributed by atoms with Crippen LogP contribution in [0.2, 0.25) is 0 Å². The number of aromatic amines is 1. The highest BCUT2D eigenvalue weighted by Gasteiger charge is 2.56. The van der Waals surface area contributed by atoms with Crippen molar-refractivity contribution < 1.29 is 24.0 Å². The maximum Gasteiger partial charge on any atom is 0.305 e. The van der Waals surface area contributed by atoms with Crippen molar-refractivity contribution in [3.8, 4) is 5.75 Å². The summed E-state index contributed by atoms with van der Waals surface area (Å²) >= 11 is 2.14. The van der Waals surface area contributed by atoms with Crippen molar-refractivity contribution in [3.05, 3.63) is 109 Å². The Morgan fingerprint density at radius 2 is 1.69 bits per heavy atom. The van der Waals surface area contributed by atoms with Gasteiger partial charge in [0.1, 0.15) is 11.0 Å². The summed E-state index contributed by atoms with van der Waals surface area (Å²) in [6.07, 6.45) is 0. The minimum atomic E-state index is -0.802. The molecule has 0 aliphatic carbocycles. The number of carbonyl (C=O) groups is 3. The highest BCUT2D eigenvalue weighted by Crippen LogP contribution is 2.53. The molecule has 2 aliphatic heterocycles. The van der Waals surface area contributed by atoms with Crippen molar-refractivity contribution in [2.24, 2.45) is 5.92 Å². The lowest BCUT2D eigenvalue weighted by molar-refractivity contribution is -0.384. The van der Waals surface area contributed by atoms with Gasteiger partial charge in [0.15, 0.2) is 6.61 Å². The molecule has 13 heteroatoms. The third-order valence-corrected chi connectivity index (χ3v) is 9.49. The fourth-order valence-corrected chi connectivity index (χ4v) is 7.62. The molecule has 11 nitrogen and oxygen atoms in total. The number of nitro benzene ring substituents is 1. The molecule has 6 rings (SSSR count). The molecule has 0 bridgehead atoms. The molecule has 42 heavy (non-hydrogen) atoms. The normalized spacial score (nSPS) is 19.3. The maximum absolute atomic E-state index is 13.8. The molecule has 0 radical (unpaired) electrons. The molecule has 4 aromatic rings. The van der Waals surface area contributed by atoms with Crippen LogP contribution in [0.5, 0.6) is 5.75 Å². The standard InChI is InChI=1S/C29H22N4O7S2/c1-15-2-6-17(7-3-15)30-21(34)14-40-20-12-4-16(5-13-20)22-23-25(41-26-24(22)42-29(37)31-26)28(36)32(27(23)35)18-8-10-19(11-9-18)33(38)39/h2-13,22-23,25H,14H2,1H3,(H,30,34)(H,31,37)/t22-,23?,25?/m1/s1. The van der Waals surface area contributed by atoms with Gasteiger partial charge in [-0.25, -0.2) is 4.90 Å². The zero-order chi connectivity index (χ0) is 29.5. The quantitative estimate of drug-likeness (QED) is 0.179. The van der Waals surface area contributed by atoms with Gasteiger partial charge < -0.3 is 15.0 Å². The number of carbonyl (C=O) groups excluding carboxylic acids is 3. The average Bonchev–Trinajstić information content (AvgIpc) is 3.47. The third-order valence-electron chi connectivity index (χ3n) is 7.09. The Bertz CT molecular complexity index is 1770. The summed E-state index contributed by atoms with van der Waals surface area (Å²) in [4.78, 5) is 66.7. The predicted molar refractivity (Wildman–Crippen MR) is 157 cm³/mol. The number of anilines is 2. The minimum absolute atomic E-state index is 0.155. The van der Waals surface area contributed by atoms with Crippen LogP contribution in [-0.4, -0.2) is 39.5 Å². The van der Waals surface area contributed by atoms with E-state index in [1.807, 2.05) is 19.1 Å². The van der Waals surface area contributed by atoms with E-state index in [-0.39, 0.29) is 28.8 Å². The summed E-state index contributed by atoms with van der Waals surface area (Å²) in [5, 5.41) is 13.6. The maximum atomic E-state index is 13.8. The topological polar surface area (TPSA) is 152 Å². The first kappa shape index (κ1) is 27.4. The van der Waals surface area contributed by atoms with E-state index in [2.05, 4.69) is 10.3 Å². The van der Waals surface area contributed by atoms with Crippen molar-refractivity contribution >= 4 is 57.9 Å². The van der Waals surface area contributed by atoms with E-state index in [0.29, 0.717) is 26.9 Å². The number of benzene rings is 3. The number of amides is 3. The average molecular weight is 603 g/mol. The first-order valence-electron chi connectivity index (χ1n) is 12.8. The van der Waals surface area contributed by atoms with E-state index >= 15 is 0 Å². The zero-order valence-corrected chi connectivity index (χ0v) is 23.6. The first-order chi connectivity index (χ1) is 20.2. The number of thioether (sulfide) groups is 1. The number of thiazole rings is 1. The van der Waals surface area contributed by atoms with Crippen LogP contribution in [0.15, 0.2) is 82.6 Å². The number of imide groups is 1. The van der Waals surface area contributed by atoms with Crippen LogP contribution in [0.1, 0.15) is 21.9 Å². The number of aryl methyl sites for hydroxylation is 1. The molecule has 1 aromatic heterocycles. The van der Waals surface area contributed by atoms with E-state index < -0.39 is 33.8 Å². The second-order valence-electron chi connectivity index (χ2n) is 9.81. The van der Waals surface area contributed by atoms with Crippen LogP contribution in [0.4, 0.5) is 17.1 Å². The summed E-state index contributed by atoms with van der Waals surface area (Å²) in [6, 6.07) is 19.5. The number of hydrogen-bond acceptors (Lipinski definition) is 9. The number of ether oxygens (including phenoxy) is 1. The number of hydrogen-bond donors (Lipinski definition) is 2. The molecule has 0 saturated carbocycles. The van der Waals surface area contributed by atoms with Crippen LogP contribution in [-0.2, 0) is 14.4 Å². The number of H-pyrrole nitrogens is 1. The fourth-order valence-electron chi connectivity index (χ4n) is 5.11. The molecule has 3 aromatic carbocycles. The molecule has 2 unspecified atom stereocenters. The summed E-state index contributed by atoms with van der Waals surface area (Å²) in [5.74, 6) is -2.18. The second-order valence-corrected chi connectivity index (χ2v) is 12.0. The third kappa shape index (κ3) is 5.08. The number of nitro groups is 1. The van der Waals surface area contributed by atoms with Crippen molar-refractivity contribution in [2.45, 2.75) is 23.1 Å². The van der Waals surface area contributed by atoms with Crippen molar-refractivity contribution in [2.75, 3.05) is 16.8 Å². The van der Waals surface area contributed by atoms with Gasteiger partial charge >= 0.3 is 4.87 Å². The van der Waals surface area contributed by atoms with E-state index in [1.165, 1.54) is 24.3 Å². The monoisotopic (exact) mass is 602 g/mol. The Kier molecular flexibility index (Phi) is 7.12. The number of nitrogens with one attached hydrogen (secondary N) is 2. The molecule has 3 atom stereocenters. The lowest BCUT2D eigenvalue weighted by atomic mass is 9.83. The molecule has 2 N–H and O–H groups in total. The van der Waals surface area contributed by atoms with Crippen LogP contribution < -0.4 is 19.8 Å². The van der Waals surface area contributed by atoms with Crippen molar-refractivity contribution in [3.63, 3.8) is 0 Å². The van der Waals surface area contributed by atoms with E-state index in [0.717, 1.165) is 33.6 Å². The largest absolute Gasteiger partial charge is 0.484 e. The van der Waals surface area contributed by atoms with Crippen LogP contribution in [0, 0.1) is 23.0 Å². The Labute approximate surface area is 246 Å². The molecular formula is C29H22N4O7S2. The lowest BCUT2D eigenvalue weighted by Gasteiger charge is -2.29. The number of rotatable bonds is 7. The van der Waals surface area contributed by atoms with Crippen LogP contribution >= 0.6 is 23.1 Å². The Morgan fingerprint density at radius 3 is 2.36 bits per heavy atom. The van der Waals surface area contributed by atoms with Gasteiger partial charge in [-0.05, 0) is 48.9 Å². The van der Waals surface area contributed by atoms with E-state index in [1.54, 1.807) is 36.4 Å². The summed E-state index contributed by atoms with van der Waals surface area (Å²) in [6.45, 7) is 1.75. The van der Waals surface area contributed by atoms with Gasteiger partial charge in [0, 0.05) is 28.6 Å². The van der Waals surface area contributed by atoms with E-state index in [9.17, 15) is 29.3 Å². The molecule has 3 amide bonds. The molecule has 2 aliphatic rings. The minimum Gasteiger partial charge on any atom is -0.484 e. The summed E-state index contributed by atoms with van der Waals surface area (Å²) in [7, 11) is 0. The Hall–Kier alpha value is -4.75. The number of fused-ring (bicyclic) bond motifs is 2. The Balaban J connectivity index is 1.24. The van der Waals surface area contributed by atoms with Gasteiger partial charge in [-0.15, -0.1) is 0 Å². The summed E-state index contributed by atoms with van der Waals surface area (Å²) in [5.41, 5.74) is 2.53. The molecule has 3 heterocycles. The highest BCUT2D eigenvalue weighted by molar-refractivity contribution is 8.00. The summed E-state index contributed by atoms with van der Waals surface area (Å²) < 4.78 is 5.66. The van der Waals surface area contributed by atoms with Gasteiger partial charge in [-0.3, -0.25) is 29.3 Å². The fraction of sp³-hybridized carbons (Fsp3) is 0.172. The Morgan fingerprint density at radius 1 is 1.00 bits per heavy atom. The second kappa shape index (κ2) is 10.9. The van der Waals surface area contributed by atoms with Gasteiger partial charge in [0.2, 0.25) is 11.8 Å². The number of aromatic nitrogens is 1. The smallest absolute Gasteiger partial charge is 0.305 e. The first-order valence-corrected chi connectivity index (χ1v) is 14.5. The van der Waals surface area contributed by atoms with Gasteiger partial charge in [0.25, 0.3) is 11.6 Å². The predicted octanol–water partition coefficient (Wildman–Crippen LogP) is 4.47. The molecular weight excluding hydrogens is 580 g/mol. The number of non-ortho nitro benzene ring substituents is 1. The highest BCUT2D eigenvalue weighted by atomic mass is 32.2. The van der Waals surface area contributed by atoms with Crippen molar-refractivity contribution in [1.82, 2.24) is 4.98 Å². The SMILES string of the molecule is Cc1ccc(NC(=O)COc2ccc([C@H]3c4sc(=O)[nH]c4SC4C(=O)N(c5ccc([N+](=O)[O-])cc5)C(=O)C43)cc2)cc1.